The van der Waals surface area contributed by atoms with E-state index in [1.165, 1.54) is 61.0 Å². The summed E-state index contributed by atoms with van der Waals surface area (Å²) in [5.41, 5.74) is 12.1. The number of para-hydroxylation sites is 1. The lowest BCUT2D eigenvalue weighted by Gasteiger charge is -2.32. The molecule has 0 fully saturated rings. The van der Waals surface area contributed by atoms with E-state index in [9.17, 15) is 0 Å². The van der Waals surface area contributed by atoms with E-state index in [-0.39, 0.29) is 6.04 Å². The summed E-state index contributed by atoms with van der Waals surface area (Å²) in [5.74, 6) is 0. The van der Waals surface area contributed by atoms with E-state index in [4.69, 9.17) is 0 Å². The summed E-state index contributed by atoms with van der Waals surface area (Å²) >= 11 is 0. The van der Waals surface area contributed by atoms with Crippen molar-refractivity contribution in [2.24, 2.45) is 0 Å². The second kappa shape index (κ2) is 9.50. The molecule has 0 saturated heterocycles. The van der Waals surface area contributed by atoms with Crippen LogP contribution >= 0.6 is 0 Å². The lowest BCUT2D eigenvalue weighted by Crippen LogP contribution is -2.31. The van der Waals surface area contributed by atoms with Crippen LogP contribution in [0.25, 0.3) is 27.5 Å². The van der Waals surface area contributed by atoms with Crippen LogP contribution in [0.2, 0.25) is 0 Å². The molecule has 4 aliphatic rings. The molecular weight excluding hydrogens is 458 g/mol. The molecule has 0 spiro atoms. The first-order valence-electron chi connectivity index (χ1n) is 13.7. The molecule has 1 heterocycles. The van der Waals surface area contributed by atoms with Crippen LogP contribution in [0.5, 0.6) is 0 Å². The number of hydrogen-bond donors (Lipinski definition) is 0. The van der Waals surface area contributed by atoms with Crippen molar-refractivity contribution in [2.45, 2.75) is 31.7 Å². The molecular formula is C37H31N. The monoisotopic (exact) mass is 489 g/mol. The molecule has 3 aromatic rings. The summed E-state index contributed by atoms with van der Waals surface area (Å²) in [4.78, 5) is 2.49. The Balaban J connectivity index is 1.42. The average molecular weight is 490 g/mol. The Morgan fingerprint density at radius 3 is 2.61 bits per heavy atom. The number of allylic oxidation sites excluding steroid dienone is 11. The molecule has 1 atom stereocenters. The number of benzene rings is 3. The van der Waals surface area contributed by atoms with Gasteiger partial charge in [0.05, 0.1) is 6.04 Å². The minimum atomic E-state index is 0.187. The Morgan fingerprint density at radius 2 is 1.74 bits per heavy atom. The van der Waals surface area contributed by atoms with Gasteiger partial charge in [-0.2, -0.15) is 0 Å². The maximum atomic E-state index is 4.06. The van der Waals surface area contributed by atoms with Crippen molar-refractivity contribution in [3.8, 4) is 0 Å². The molecule has 1 heteroatoms. The van der Waals surface area contributed by atoms with E-state index < -0.39 is 0 Å². The van der Waals surface area contributed by atoms with Crippen molar-refractivity contribution in [2.75, 3.05) is 4.90 Å². The third-order valence-electron chi connectivity index (χ3n) is 8.17. The molecule has 0 radical (unpaired) electrons. The largest absolute Gasteiger partial charge is 0.336 e. The van der Waals surface area contributed by atoms with E-state index >= 15 is 0 Å². The molecule has 0 bridgehead atoms. The molecule has 1 aliphatic heterocycles. The van der Waals surface area contributed by atoms with Gasteiger partial charge in [0.1, 0.15) is 0 Å². The highest BCUT2D eigenvalue weighted by Gasteiger charge is 2.26. The number of hydrogen-bond acceptors (Lipinski definition) is 1. The molecule has 3 aliphatic carbocycles. The van der Waals surface area contributed by atoms with E-state index in [1.807, 2.05) is 6.08 Å². The van der Waals surface area contributed by atoms with Crippen LogP contribution < -0.4 is 4.90 Å². The topological polar surface area (TPSA) is 3.24 Å². The van der Waals surface area contributed by atoms with Gasteiger partial charge in [0.15, 0.2) is 0 Å². The molecule has 0 N–H and O–H groups in total. The van der Waals surface area contributed by atoms with Crippen LogP contribution in [0.4, 0.5) is 5.69 Å². The van der Waals surface area contributed by atoms with Gasteiger partial charge >= 0.3 is 0 Å². The van der Waals surface area contributed by atoms with Gasteiger partial charge in [-0.15, -0.1) is 6.58 Å². The van der Waals surface area contributed by atoms with Crippen LogP contribution in [-0.4, -0.2) is 6.04 Å². The standard InChI is InChI=1S/C37H31N/c1-2-3-12-28(25-38-35-19-9-7-13-26(35)21-22-27-14-8-10-20-36(27)38)29-23-24-34-31-16-6-4-5-15-30(31)33-18-11-17-32(29)37(33)34/h2,5-11,13-21,23-25,35H,1,3-4,12,22H2/b28-25+. The van der Waals surface area contributed by atoms with Crippen LogP contribution in [-0.2, 0) is 6.42 Å². The first-order chi connectivity index (χ1) is 18.8. The van der Waals surface area contributed by atoms with E-state index in [2.05, 4.69) is 127 Å². The zero-order valence-electron chi connectivity index (χ0n) is 21.6. The minimum Gasteiger partial charge on any atom is -0.336 e. The first-order valence-corrected chi connectivity index (χ1v) is 13.7. The van der Waals surface area contributed by atoms with Gasteiger partial charge in [-0.1, -0.05) is 109 Å². The molecule has 0 amide bonds. The molecule has 1 unspecified atom stereocenters. The normalized spacial score (nSPS) is 19.2. The smallest absolute Gasteiger partial charge is 0.0770 e. The van der Waals surface area contributed by atoms with Crippen molar-refractivity contribution in [1.29, 1.82) is 0 Å². The molecule has 0 saturated carbocycles. The highest BCUT2D eigenvalue weighted by Crippen LogP contribution is 2.46. The predicted molar refractivity (Wildman–Crippen MR) is 164 cm³/mol. The maximum Gasteiger partial charge on any atom is 0.0770 e. The fraction of sp³-hybridized carbons (Fsp3) is 0.135. The van der Waals surface area contributed by atoms with Crippen LogP contribution in [0, 0.1) is 0 Å². The van der Waals surface area contributed by atoms with Gasteiger partial charge in [-0.25, -0.2) is 0 Å². The Labute approximate surface area is 225 Å². The SMILES string of the molecule is C=CCC/C(=C\N1c2ccccc2CC=C2C=CC=CC21)c1ccc2c3c(cccc13)C1=C2C=CCC=C1. The molecule has 3 aromatic carbocycles. The fourth-order valence-electron chi connectivity index (χ4n) is 6.38. The third kappa shape index (κ3) is 3.70. The zero-order valence-corrected chi connectivity index (χ0v) is 21.6. The Bertz CT molecular complexity index is 1650. The number of fused-ring (bicyclic) bond motifs is 4. The van der Waals surface area contributed by atoms with Gasteiger partial charge in [0.2, 0.25) is 0 Å². The molecule has 1 nitrogen and oxygen atoms in total. The van der Waals surface area contributed by atoms with E-state index in [0.717, 1.165) is 25.7 Å². The Kier molecular flexibility index (Phi) is 5.70. The van der Waals surface area contributed by atoms with Crippen molar-refractivity contribution in [3.05, 3.63) is 156 Å². The molecule has 0 aromatic heterocycles. The van der Waals surface area contributed by atoms with Crippen molar-refractivity contribution < 1.29 is 0 Å². The van der Waals surface area contributed by atoms with Crippen molar-refractivity contribution >= 4 is 33.2 Å². The lowest BCUT2D eigenvalue weighted by molar-refractivity contribution is 0.895. The van der Waals surface area contributed by atoms with Gasteiger partial charge in [0, 0.05) is 11.9 Å². The second-order valence-electron chi connectivity index (χ2n) is 10.4. The number of anilines is 1. The van der Waals surface area contributed by atoms with Gasteiger partial charge < -0.3 is 4.90 Å². The number of nitrogens with zero attached hydrogens (tertiary/aromatic N) is 1. The third-order valence-corrected chi connectivity index (χ3v) is 8.17. The highest BCUT2D eigenvalue weighted by atomic mass is 15.1. The van der Waals surface area contributed by atoms with Crippen LogP contribution in [0.15, 0.2) is 134 Å². The Morgan fingerprint density at radius 1 is 0.895 bits per heavy atom. The predicted octanol–water partition coefficient (Wildman–Crippen LogP) is 9.37. The van der Waals surface area contributed by atoms with Crippen LogP contribution in [0.3, 0.4) is 0 Å². The Hall–Kier alpha value is -4.36. The summed E-state index contributed by atoms with van der Waals surface area (Å²) < 4.78 is 0. The molecule has 38 heavy (non-hydrogen) atoms. The van der Waals surface area contributed by atoms with Gasteiger partial charge in [-0.3, -0.25) is 0 Å². The van der Waals surface area contributed by atoms with Crippen molar-refractivity contribution in [3.63, 3.8) is 0 Å². The van der Waals surface area contributed by atoms with Crippen molar-refractivity contribution in [1.82, 2.24) is 0 Å². The van der Waals surface area contributed by atoms with Gasteiger partial charge in [-0.05, 0) is 87.1 Å². The summed E-state index contributed by atoms with van der Waals surface area (Å²) in [7, 11) is 0. The quantitative estimate of drug-likeness (QED) is 0.323. The summed E-state index contributed by atoms with van der Waals surface area (Å²) in [6, 6.07) is 20.6. The summed E-state index contributed by atoms with van der Waals surface area (Å²) in [6.45, 7) is 4.06. The van der Waals surface area contributed by atoms with Crippen LogP contribution in [0.1, 0.15) is 41.5 Å². The lowest BCUT2D eigenvalue weighted by atomic mass is 9.91. The maximum absolute atomic E-state index is 4.06. The minimum absolute atomic E-state index is 0.187. The second-order valence-corrected chi connectivity index (χ2v) is 10.4. The van der Waals surface area contributed by atoms with E-state index in [1.54, 1.807) is 0 Å². The summed E-state index contributed by atoms with van der Waals surface area (Å²) in [5, 5.41) is 2.72. The van der Waals surface area contributed by atoms with Gasteiger partial charge in [0.25, 0.3) is 0 Å². The average Bonchev–Trinajstić information content (AvgIpc) is 3.11. The summed E-state index contributed by atoms with van der Waals surface area (Å²) in [6.07, 6.45) is 28.8. The van der Waals surface area contributed by atoms with E-state index in [0.29, 0.717) is 0 Å². The molecule has 184 valence electrons. The number of rotatable bonds is 5. The fourth-order valence-corrected chi connectivity index (χ4v) is 6.38. The zero-order chi connectivity index (χ0) is 25.5. The molecule has 7 rings (SSSR count). The highest BCUT2D eigenvalue weighted by molar-refractivity contribution is 6.19. The first kappa shape index (κ1) is 22.8.